The molecule has 1 aromatic carbocycles. The molecule has 228 valence electrons. The van der Waals surface area contributed by atoms with Crippen LogP contribution in [0.15, 0.2) is 48.1 Å². The molecule has 7 unspecified atom stereocenters. The van der Waals surface area contributed by atoms with Crippen molar-refractivity contribution in [2.75, 3.05) is 36.4 Å². The number of hydrogen-bond donors (Lipinski definition) is 2. The first kappa shape index (κ1) is 31.2. The number of ether oxygens (including phenoxy) is 1. The summed E-state index contributed by atoms with van der Waals surface area (Å²) in [7, 11) is 0. The molecule has 2 N–H and O–H groups in total. The van der Waals surface area contributed by atoms with Crippen LogP contribution in [0.4, 0.5) is 5.69 Å². The van der Waals surface area contributed by atoms with E-state index in [1.54, 1.807) is 12.2 Å². The van der Waals surface area contributed by atoms with Crippen molar-refractivity contribution in [3.05, 3.63) is 53.6 Å². The number of aliphatic hydroxyl groups is 2. The lowest BCUT2D eigenvalue weighted by atomic mass is 9.46. The molecule has 4 aliphatic carbocycles. The summed E-state index contributed by atoms with van der Waals surface area (Å²) in [5, 5.41) is 23.4. The van der Waals surface area contributed by atoms with E-state index >= 15 is 0 Å². The molecule has 0 spiro atoms. The first-order chi connectivity index (χ1) is 20.0. The molecule has 7 atom stereocenters. The fourth-order valence-corrected chi connectivity index (χ4v) is 9.08. The van der Waals surface area contributed by atoms with Crippen LogP contribution in [0, 0.1) is 28.6 Å². The van der Waals surface area contributed by atoms with Gasteiger partial charge in [-0.1, -0.05) is 37.6 Å². The van der Waals surface area contributed by atoms with E-state index in [4.69, 9.17) is 27.9 Å². The summed E-state index contributed by atoms with van der Waals surface area (Å²) in [6, 6.07) is 7.49. The minimum absolute atomic E-state index is 0.00379. The number of carbonyl (C=O) groups is 3. The van der Waals surface area contributed by atoms with Crippen LogP contribution in [0.2, 0.25) is 0 Å². The average molecular weight is 619 g/mol. The Morgan fingerprint density at radius 1 is 1.10 bits per heavy atom. The molecular formula is C33H41Cl2NO6. The summed E-state index contributed by atoms with van der Waals surface area (Å²) in [5.74, 6) is -0.0554. The number of aliphatic hydroxyl groups excluding tert-OH is 1. The maximum absolute atomic E-state index is 13.5. The monoisotopic (exact) mass is 617 g/mol. The Hall–Kier alpha value is -2.19. The summed E-state index contributed by atoms with van der Waals surface area (Å²) in [6.07, 6.45) is 7.30. The van der Waals surface area contributed by atoms with Crippen LogP contribution in [0.5, 0.6) is 0 Å². The van der Waals surface area contributed by atoms with Gasteiger partial charge in [-0.2, -0.15) is 0 Å². The zero-order chi connectivity index (χ0) is 30.3. The number of Topliss-reactive ketones (excluding diaryl/α,β-unsaturated/α-hetero) is 1. The summed E-state index contributed by atoms with van der Waals surface area (Å²) < 4.78 is 5.39. The molecule has 0 saturated heterocycles. The SMILES string of the molecule is CC12C=CC(=O)C=C1CCC1C2C(O)CC2(C)C1CCC2(O)C(=O)COC(=O)Cc1ccc(N(CCCl)CCCl)cc1. The van der Waals surface area contributed by atoms with Crippen molar-refractivity contribution in [2.24, 2.45) is 28.6 Å². The number of alkyl halides is 2. The largest absolute Gasteiger partial charge is 0.457 e. The number of fused-ring (bicyclic) bond motifs is 5. The van der Waals surface area contributed by atoms with Crippen molar-refractivity contribution in [2.45, 2.75) is 64.1 Å². The van der Waals surface area contributed by atoms with Crippen LogP contribution in [-0.2, 0) is 25.5 Å². The van der Waals surface area contributed by atoms with Crippen molar-refractivity contribution >= 4 is 46.4 Å². The number of hydrogen-bond acceptors (Lipinski definition) is 7. The predicted octanol–water partition coefficient (Wildman–Crippen LogP) is 4.64. The Morgan fingerprint density at radius 3 is 2.45 bits per heavy atom. The summed E-state index contributed by atoms with van der Waals surface area (Å²) in [4.78, 5) is 40.3. The smallest absolute Gasteiger partial charge is 0.310 e. The third-order valence-corrected chi connectivity index (χ3v) is 11.2. The summed E-state index contributed by atoms with van der Waals surface area (Å²) >= 11 is 11.8. The fraction of sp³-hybridized carbons (Fsp3) is 0.606. The molecule has 3 fully saturated rings. The Bertz CT molecular complexity index is 1270. The highest BCUT2D eigenvalue weighted by atomic mass is 35.5. The highest BCUT2D eigenvalue weighted by Crippen LogP contribution is 2.67. The highest BCUT2D eigenvalue weighted by molar-refractivity contribution is 6.18. The Morgan fingerprint density at radius 2 is 1.79 bits per heavy atom. The first-order valence-corrected chi connectivity index (χ1v) is 16.0. The molecule has 5 rings (SSSR count). The second-order valence-corrected chi connectivity index (χ2v) is 13.7. The number of allylic oxidation sites excluding steroid dienone is 4. The zero-order valence-corrected chi connectivity index (χ0v) is 25.9. The molecule has 7 nitrogen and oxygen atoms in total. The molecule has 3 saturated carbocycles. The molecule has 0 bridgehead atoms. The van der Waals surface area contributed by atoms with Gasteiger partial charge in [0.05, 0.1) is 12.5 Å². The molecule has 0 aliphatic heterocycles. The minimum Gasteiger partial charge on any atom is -0.457 e. The number of anilines is 1. The van der Waals surface area contributed by atoms with Gasteiger partial charge in [0.25, 0.3) is 0 Å². The topological polar surface area (TPSA) is 104 Å². The van der Waals surface area contributed by atoms with E-state index < -0.39 is 40.9 Å². The zero-order valence-electron chi connectivity index (χ0n) is 24.4. The van der Waals surface area contributed by atoms with Gasteiger partial charge in [0, 0.05) is 47.3 Å². The van der Waals surface area contributed by atoms with Crippen molar-refractivity contribution in [1.82, 2.24) is 0 Å². The average Bonchev–Trinajstić information content (AvgIpc) is 3.23. The molecule has 0 radical (unpaired) electrons. The number of ketones is 2. The van der Waals surface area contributed by atoms with Crippen LogP contribution in [0.3, 0.4) is 0 Å². The molecular weight excluding hydrogens is 577 g/mol. The lowest BCUT2D eigenvalue weighted by Crippen LogP contribution is -2.61. The molecule has 1 aromatic rings. The maximum atomic E-state index is 13.5. The van der Waals surface area contributed by atoms with E-state index in [0.717, 1.165) is 29.7 Å². The number of rotatable bonds is 10. The lowest BCUT2D eigenvalue weighted by Gasteiger charge is -2.59. The normalized spacial score (nSPS) is 35.1. The van der Waals surface area contributed by atoms with Crippen LogP contribution in [-0.4, -0.2) is 70.9 Å². The number of benzene rings is 1. The van der Waals surface area contributed by atoms with Gasteiger partial charge in [-0.25, -0.2) is 0 Å². The van der Waals surface area contributed by atoms with Gasteiger partial charge in [-0.3, -0.25) is 14.4 Å². The van der Waals surface area contributed by atoms with Gasteiger partial charge in [-0.05, 0) is 73.8 Å². The van der Waals surface area contributed by atoms with Gasteiger partial charge in [0.2, 0.25) is 5.78 Å². The fourth-order valence-electron chi connectivity index (χ4n) is 8.67. The van der Waals surface area contributed by atoms with Crippen molar-refractivity contribution in [1.29, 1.82) is 0 Å². The van der Waals surface area contributed by atoms with Crippen LogP contribution >= 0.6 is 23.2 Å². The van der Waals surface area contributed by atoms with Gasteiger partial charge in [0.1, 0.15) is 5.60 Å². The number of nitrogens with zero attached hydrogens (tertiary/aromatic N) is 1. The third-order valence-electron chi connectivity index (χ3n) is 10.8. The van der Waals surface area contributed by atoms with Gasteiger partial charge >= 0.3 is 5.97 Å². The van der Waals surface area contributed by atoms with Crippen LogP contribution in [0.25, 0.3) is 0 Å². The Balaban J connectivity index is 1.23. The van der Waals surface area contributed by atoms with E-state index in [2.05, 4.69) is 11.8 Å². The standard InChI is InChI=1S/C33H41Cl2NO6/c1-31-11-9-24(37)18-22(31)5-8-25-26-10-12-33(41,32(26,2)19-27(38)30(25)31)28(39)20-42-29(40)17-21-3-6-23(7-4-21)36(15-13-34)16-14-35/h3-4,6-7,9,11,18,25-27,30,38,41H,5,8,10,12-17,19-20H2,1-2H3. The quantitative estimate of drug-likeness (QED) is 0.291. The number of esters is 1. The number of halogens is 2. The molecule has 0 heterocycles. The lowest BCUT2D eigenvalue weighted by molar-refractivity contribution is -0.181. The van der Waals surface area contributed by atoms with Crippen molar-refractivity contribution in [3.63, 3.8) is 0 Å². The Kier molecular flexibility index (Phi) is 8.98. The summed E-state index contributed by atoms with van der Waals surface area (Å²) in [6.45, 7) is 4.83. The van der Waals surface area contributed by atoms with E-state index in [-0.39, 0.29) is 42.8 Å². The van der Waals surface area contributed by atoms with Gasteiger partial charge in [-0.15, -0.1) is 23.2 Å². The Labute approximate surface area is 257 Å². The van der Waals surface area contributed by atoms with Gasteiger partial charge < -0.3 is 19.8 Å². The second kappa shape index (κ2) is 12.1. The van der Waals surface area contributed by atoms with Gasteiger partial charge in [0.15, 0.2) is 12.4 Å². The van der Waals surface area contributed by atoms with E-state index in [1.807, 2.05) is 37.3 Å². The highest BCUT2D eigenvalue weighted by Gasteiger charge is 2.68. The molecule has 9 heteroatoms. The molecule has 0 amide bonds. The predicted molar refractivity (Wildman–Crippen MR) is 163 cm³/mol. The molecule has 4 aliphatic rings. The van der Waals surface area contributed by atoms with Crippen molar-refractivity contribution < 1.29 is 29.3 Å². The molecule has 0 aromatic heterocycles. The molecule has 42 heavy (non-hydrogen) atoms. The maximum Gasteiger partial charge on any atom is 0.310 e. The number of carbonyl (C=O) groups excluding carboxylic acids is 3. The first-order valence-electron chi connectivity index (χ1n) is 15.0. The van der Waals surface area contributed by atoms with E-state index in [1.165, 1.54) is 0 Å². The van der Waals surface area contributed by atoms with E-state index in [9.17, 15) is 24.6 Å². The van der Waals surface area contributed by atoms with Crippen molar-refractivity contribution in [3.8, 4) is 0 Å². The van der Waals surface area contributed by atoms with E-state index in [0.29, 0.717) is 31.3 Å². The van der Waals surface area contributed by atoms with Crippen LogP contribution in [0.1, 0.15) is 51.5 Å². The second-order valence-electron chi connectivity index (χ2n) is 12.9. The minimum atomic E-state index is -1.69. The van der Waals surface area contributed by atoms with Crippen LogP contribution < -0.4 is 4.90 Å². The third kappa shape index (κ3) is 5.36. The summed E-state index contributed by atoms with van der Waals surface area (Å²) in [5.41, 5.74) is -0.167.